The summed E-state index contributed by atoms with van der Waals surface area (Å²) in [6.07, 6.45) is 0. The number of thiophene rings is 1. The van der Waals surface area contributed by atoms with E-state index in [-0.39, 0.29) is 0 Å². The summed E-state index contributed by atoms with van der Waals surface area (Å²) in [5, 5.41) is 3.53. The Hall–Kier alpha value is -11.0. The van der Waals surface area contributed by atoms with Crippen LogP contribution in [0, 0.1) is 0 Å². The molecule has 87 heavy (non-hydrogen) atoms. The molecule has 1 spiro atoms. The Balaban J connectivity index is 0.816. The van der Waals surface area contributed by atoms with E-state index < -0.39 is 5.41 Å². The summed E-state index contributed by atoms with van der Waals surface area (Å²) in [4.78, 5) is 11.1. The molecule has 13 aromatic carbocycles. The number of nitrogens with zero attached hydrogens (tertiary/aromatic N) is 3. The average molecular weight is 1120 g/mol. The molecule has 0 amide bonds. The Bertz CT molecular complexity index is 5340. The van der Waals surface area contributed by atoms with Gasteiger partial charge in [0.1, 0.15) is 0 Å². The Morgan fingerprint density at radius 2 is 0.770 bits per heavy atom. The summed E-state index contributed by atoms with van der Waals surface area (Å²) >= 11 is 1.77. The number of hydrogen-bond acceptors (Lipinski definition) is 3. The fourth-order valence-electron chi connectivity index (χ4n) is 14.6. The van der Waals surface area contributed by atoms with Crippen molar-refractivity contribution >= 4 is 53.4 Å². The van der Waals surface area contributed by atoms with Gasteiger partial charge in [0, 0.05) is 37.7 Å². The van der Waals surface area contributed by atoms with Crippen LogP contribution in [0.3, 0.4) is 0 Å². The quantitative estimate of drug-likeness (QED) is 0.152. The fourth-order valence-corrected chi connectivity index (χ4v) is 15.8. The van der Waals surface area contributed by atoms with Gasteiger partial charge in [-0.15, -0.1) is 11.3 Å². The van der Waals surface area contributed by atoms with Crippen LogP contribution in [0.5, 0.6) is 0 Å². The van der Waals surface area contributed by atoms with Crippen LogP contribution < -0.4 is 0 Å². The highest BCUT2D eigenvalue weighted by Gasteiger charge is 2.51. The van der Waals surface area contributed by atoms with Crippen molar-refractivity contribution in [1.82, 2.24) is 14.5 Å². The molecule has 2 aliphatic rings. The molecule has 0 N–H and O–H groups in total. The molecule has 0 saturated carbocycles. The first-order valence-electron chi connectivity index (χ1n) is 29.9. The number of benzene rings is 13. The highest BCUT2D eigenvalue weighted by atomic mass is 32.1. The minimum atomic E-state index is -0.468. The molecule has 2 aliphatic carbocycles. The largest absolute Gasteiger partial charge is 0.309 e. The zero-order valence-electron chi connectivity index (χ0n) is 47.2. The lowest BCUT2D eigenvalue weighted by Gasteiger charge is -2.30. The predicted molar refractivity (Wildman–Crippen MR) is 364 cm³/mol. The summed E-state index contributed by atoms with van der Waals surface area (Å²) < 4.78 is 4.77. The summed E-state index contributed by atoms with van der Waals surface area (Å²) in [6.45, 7) is 0. The second kappa shape index (κ2) is 19.5. The van der Waals surface area contributed by atoms with E-state index in [0.29, 0.717) is 5.82 Å². The summed E-state index contributed by atoms with van der Waals surface area (Å²) in [6, 6.07) is 114. The van der Waals surface area contributed by atoms with Crippen LogP contribution >= 0.6 is 11.3 Å². The van der Waals surface area contributed by atoms with Crippen LogP contribution in [0.25, 0.3) is 148 Å². The first-order chi connectivity index (χ1) is 43.1. The van der Waals surface area contributed by atoms with Gasteiger partial charge in [0.25, 0.3) is 0 Å². The lowest BCUT2D eigenvalue weighted by atomic mass is 9.70. The molecular weight excluding hydrogens is 1070 g/mol. The molecule has 0 bridgehead atoms. The molecule has 0 fully saturated rings. The minimum Gasteiger partial charge on any atom is -0.309 e. The normalized spacial score (nSPS) is 12.7. The van der Waals surface area contributed by atoms with Gasteiger partial charge in [0.15, 0.2) is 5.82 Å². The SMILES string of the molecule is c1ccc(-c2cc(-c3ccccc3)cc(-c3cccc(-c4nc(-c5cccc(-c6cccc7c6c6cc(-c8ccccc8)ccc6n7-c6ccc7c(c6)C6(c8ccccc8-c8ccccc86)c6ccccc6-7)c5)c5sc6ccccc6c5n4)c3)c2)cc1. The molecule has 3 nitrogen and oxygen atoms in total. The van der Waals surface area contributed by atoms with Gasteiger partial charge in [0.2, 0.25) is 0 Å². The van der Waals surface area contributed by atoms with E-state index in [4.69, 9.17) is 9.97 Å². The highest BCUT2D eigenvalue weighted by molar-refractivity contribution is 7.26. The maximum Gasteiger partial charge on any atom is 0.160 e. The van der Waals surface area contributed by atoms with Crippen molar-refractivity contribution in [3.05, 3.63) is 332 Å². The number of fused-ring (bicyclic) bond motifs is 16. The van der Waals surface area contributed by atoms with Gasteiger partial charge in [-0.1, -0.05) is 243 Å². The smallest absolute Gasteiger partial charge is 0.160 e. The van der Waals surface area contributed by atoms with E-state index >= 15 is 0 Å². The molecule has 0 aliphatic heterocycles. The van der Waals surface area contributed by atoms with Gasteiger partial charge in [-0.3, -0.25) is 0 Å². The number of hydrogen-bond donors (Lipinski definition) is 0. The topological polar surface area (TPSA) is 30.7 Å². The molecular formula is C83H51N3S. The maximum absolute atomic E-state index is 5.63. The first-order valence-corrected chi connectivity index (χ1v) is 30.7. The van der Waals surface area contributed by atoms with Crippen LogP contribution in [0.2, 0.25) is 0 Å². The van der Waals surface area contributed by atoms with Crippen molar-refractivity contribution in [1.29, 1.82) is 0 Å². The second-order valence-electron chi connectivity index (χ2n) is 23.1. The van der Waals surface area contributed by atoms with Crippen molar-refractivity contribution in [2.75, 3.05) is 0 Å². The zero-order chi connectivity index (χ0) is 57.2. The Labute approximate surface area is 508 Å². The van der Waals surface area contributed by atoms with Crippen molar-refractivity contribution in [3.8, 4) is 106 Å². The van der Waals surface area contributed by atoms with E-state index in [1.165, 1.54) is 93.4 Å². The van der Waals surface area contributed by atoms with E-state index in [1.807, 2.05) is 0 Å². The van der Waals surface area contributed by atoms with Crippen molar-refractivity contribution < 1.29 is 0 Å². The van der Waals surface area contributed by atoms with Crippen molar-refractivity contribution in [2.24, 2.45) is 0 Å². The van der Waals surface area contributed by atoms with Gasteiger partial charge in [-0.2, -0.15) is 0 Å². The molecule has 3 heterocycles. The second-order valence-corrected chi connectivity index (χ2v) is 24.2. The van der Waals surface area contributed by atoms with Crippen molar-refractivity contribution in [2.45, 2.75) is 5.41 Å². The Morgan fingerprint density at radius 1 is 0.287 bits per heavy atom. The van der Waals surface area contributed by atoms with E-state index in [0.717, 1.165) is 71.4 Å². The molecule has 0 atom stereocenters. The van der Waals surface area contributed by atoms with Crippen LogP contribution in [0.15, 0.2) is 309 Å². The van der Waals surface area contributed by atoms with Crippen LogP contribution in [-0.2, 0) is 5.41 Å². The van der Waals surface area contributed by atoms with Gasteiger partial charge < -0.3 is 4.57 Å². The van der Waals surface area contributed by atoms with Gasteiger partial charge in [0.05, 0.1) is 32.4 Å². The number of aromatic nitrogens is 3. The van der Waals surface area contributed by atoms with Crippen LogP contribution in [0.4, 0.5) is 0 Å². The average Bonchev–Trinajstić information content (AvgIpc) is 1.56. The van der Waals surface area contributed by atoms with E-state index in [9.17, 15) is 0 Å². The standard InChI is InChI=1S/C83H51N3S/c1-4-21-52(22-5-1)56-41-44-75-70(50-56)78-64(35-20-39-76(78)86(75)63-42-43-68-67-33-12-16-38-73(67)83(74(68)51-63)71-36-14-10-31-65(71)66-32-11-15-37-72(66)83)57-28-19-29-58(46-57)79-81-80(69-34-13-17-40-77(69)87-81)85-82(84-79)59-30-18-27-55(45-59)62-48-60(53-23-6-2-7-24-53)47-61(49-62)54-25-8-3-9-26-54/h1-51H. The molecule has 3 aromatic heterocycles. The highest BCUT2D eigenvalue weighted by Crippen LogP contribution is 2.63. The summed E-state index contributed by atoms with van der Waals surface area (Å²) in [7, 11) is 0. The van der Waals surface area contributed by atoms with Crippen molar-refractivity contribution in [3.63, 3.8) is 0 Å². The van der Waals surface area contributed by atoms with Gasteiger partial charge >= 0.3 is 0 Å². The minimum absolute atomic E-state index is 0.468. The third-order valence-corrected chi connectivity index (χ3v) is 19.6. The molecule has 4 heteroatoms. The lowest BCUT2D eigenvalue weighted by Crippen LogP contribution is -2.26. The lowest BCUT2D eigenvalue weighted by molar-refractivity contribution is 0.792. The molecule has 0 saturated heterocycles. The van der Waals surface area contributed by atoms with Gasteiger partial charge in [-0.05, 0) is 167 Å². The first kappa shape index (κ1) is 49.4. The Morgan fingerprint density at radius 3 is 1.44 bits per heavy atom. The van der Waals surface area contributed by atoms with E-state index in [2.05, 4.69) is 314 Å². The fraction of sp³-hybridized carbons (Fsp3) is 0.0120. The molecule has 0 radical (unpaired) electrons. The summed E-state index contributed by atoms with van der Waals surface area (Å²) in [5.74, 6) is 0.693. The molecule has 0 unspecified atom stereocenters. The monoisotopic (exact) mass is 1120 g/mol. The molecule has 404 valence electrons. The molecule has 16 aromatic rings. The third kappa shape index (κ3) is 7.61. The van der Waals surface area contributed by atoms with Crippen LogP contribution in [-0.4, -0.2) is 14.5 Å². The summed E-state index contributed by atoms with van der Waals surface area (Å²) in [5.41, 5.74) is 28.9. The van der Waals surface area contributed by atoms with E-state index in [1.54, 1.807) is 11.3 Å². The van der Waals surface area contributed by atoms with Crippen LogP contribution in [0.1, 0.15) is 22.3 Å². The molecule has 18 rings (SSSR count). The number of rotatable bonds is 8. The maximum atomic E-state index is 5.63. The third-order valence-electron chi connectivity index (χ3n) is 18.4. The predicted octanol–water partition coefficient (Wildman–Crippen LogP) is 22.0. The van der Waals surface area contributed by atoms with Gasteiger partial charge in [-0.25, -0.2) is 9.97 Å². The zero-order valence-corrected chi connectivity index (χ0v) is 48.0. The Kier molecular flexibility index (Phi) is 11.1.